The van der Waals surface area contributed by atoms with Gasteiger partial charge in [-0.1, -0.05) is 12.1 Å². The smallest absolute Gasteiger partial charge is 0.362 e. The van der Waals surface area contributed by atoms with Crippen molar-refractivity contribution < 1.29 is 37.5 Å². The number of para-hydroxylation sites is 1. The maximum Gasteiger partial charge on any atom is 0.362 e. The Balaban J connectivity index is 1.44. The molecule has 0 spiro atoms. The molecule has 1 saturated heterocycles. The second-order valence-corrected chi connectivity index (χ2v) is 8.14. The fourth-order valence-electron chi connectivity index (χ4n) is 3.17. The van der Waals surface area contributed by atoms with E-state index in [2.05, 4.69) is 15.0 Å². The van der Waals surface area contributed by atoms with E-state index < -0.39 is 58.7 Å². The van der Waals surface area contributed by atoms with Crippen LogP contribution in [0.2, 0.25) is 0 Å². The molecule has 0 saturated carbocycles. The van der Waals surface area contributed by atoms with Gasteiger partial charge in [-0.3, -0.25) is 18.3 Å². The highest BCUT2D eigenvalue weighted by Crippen LogP contribution is 2.31. The number of hydrogen-bond acceptors (Lipinski definition) is 11. The van der Waals surface area contributed by atoms with Gasteiger partial charge in [-0.25, -0.2) is 14.7 Å². The van der Waals surface area contributed by atoms with Gasteiger partial charge in [-0.15, -0.1) is 0 Å². The van der Waals surface area contributed by atoms with Crippen LogP contribution in [-0.4, -0.2) is 74.1 Å². The summed E-state index contributed by atoms with van der Waals surface area (Å²) in [5, 5.41) is 30.2. The van der Waals surface area contributed by atoms with Crippen LogP contribution in [0.4, 0.5) is 0 Å². The Morgan fingerprint density at radius 2 is 2.00 bits per heavy atom. The number of imidazole rings is 1. The fourth-order valence-corrected chi connectivity index (χ4v) is 3.88. The third-order valence-electron chi connectivity index (χ3n) is 4.73. The molecule has 0 unspecified atom stereocenters. The molecule has 0 radical (unpaired) electrons. The van der Waals surface area contributed by atoms with Crippen LogP contribution in [0.3, 0.4) is 0 Å². The van der Waals surface area contributed by atoms with Crippen molar-refractivity contribution in [2.45, 2.75) is 24.5 Å². The molecule has 3 heterocycles. The second-order valence-electron chi connectivity index (χ2n) is 6.79. The number of nitrogens with one attached hydrogen (secondary N) is 2. The minimum Gasteiger partial charge on any atom is -0.507 e. The lowest BCUT2D eigenvalue weighted by Gasteiger charge is -2.16. The number of H-pyrrole nitrogens is 1. The van der Waals surface area contributed by atoms with E-state index in [1.54, 1.807) is 4.72 Å². The van der Waals surface area contributed by atoms with Gasteiger partial charge in [-0.05, 0) is 12.1 Å². The van der Waals surface area contributed by atoms with Crippen LogP contribution in [0.1, 0.15) is 16.6 Å². The van der Waals surface area contributed by atoms with Crippen molar-refractivity contribution in [1.82, 2.24) is 24.2 Å². The predicted octanol–water partition coefficient (Wildman–Crippen LogP) is -1.86. The number of ether oxygens (including phenoxy) is 1. The summed E-state index contributed by atoms with van der Waals surface area (Å²) in [5.41, 5.74) is -0.754. The number of nitrogens with zero attached hydrogens (tertiary/aromatic N) is 3. The highest BCUT2D eigenvalue weighted by atomic mass is 32.2. The van der Waals surface area contributed by atoms with Gasteiger partial charge in [0.1, 0.15) is 24.1 Å². The van der Waals surface area contributed by atoms with Crippen molar-refractivity contribution >= 4 is 27.4 Å². The van der Waals surface area contributed by atoms with Gasteiger partial charge in [0.05, 0.1) is 24.8 Å². The largest absolute Gasteiger partial charge is 0.507 e. The van der Waals surface area contributed by atoms with E-state index in [0.29, 0.717) is 0 Å². The van der Waals surface area contributed by atoms with E-state index in [-0.39, 0.29) is 16.7 Å². The standard InChI is InChI=1S/C17H17N5O9S/c23-9-4-2-1-3-8(9)15(26)21-32(28,29)30-5-10-12(24)13(25)17(31-10)22-7-20-11-14(22)18-6-19-16(11)27/h1-4,6-7,10,12-13,17,23-25H,5H2,(H,21,26)(H,18,19,27)/t10-,12-,13-,17-/m1/s1. The molecule has 1 aliphatic heterocycles. The second kappa shape index (κ2) is 8.29. The number of aromatic nitrogens is 4. The van der Waals surface area contributed by atoms with E-state index in [9.17, 15) is 33.3 Å². The zero-order valence-electron chi connectivity index (χ0n) is 16.0. The minimum atomic E-state index is -4.65. The average molecular weight is 467 g/mol. The van der Waals surface area contributed by atoms with Crippen molar-refractivity contribution in [1.29, 1.82) is 0 Å². The van der Waals surface area contributed by atoms with Crippen LogP contribution < -0.4 is 10.3 Å². The summed E-state index contributed by atoms with van der Waals surface area (Å²) < 4.78 is 37.2. The molecule has 4 rings (SSSR count). The first-order valence-corrected chi connectivity index (χ1v) is 10.5. The quantitative estimate of drug-likeness (QED) is 0.271. The normalized spacial score (nSPS) is 23.4. The van der Waals surface area contributed by atoms with Crippen molar-refractivity contribution in [3.63, 3.8) is 0 Å². The van der Waals surface area contributed by atoms with Gasteiger partial charge >= 0.3 is 10.3 Å². The van der Waals surface area contributed by atoms with Gasteiger partial charge in [0.15, 0.2) is 17.4 Å². The van der Waals surface area contributed by atoms with E-state index in [1.807, 2.05) is 0 Å². The number of hydrogen-bond donors (Lipinski definition) is 5. The molecular weight excluding hydrogens is 450 g/mol. The van der Waals surface area contributed by atoms with Crippen LogP contribution in [0, 0.1) is 0 Å². The summed E-state index contributed by atoms with van der Waals surface area (Å²) in [6, 6.07) is 5.29. The summed E-state index contributed by atoms with van der Waals surface area (Å²) in [7, 11) is -4.65. The number of aromatic amines is 1. The first-order chi connectivity index (χ1) is 15.2. The van der Waals surface area contributed by atoms with E-state index >= 15 is 0 Å². The SMILES string of the molecule is O=C(NS(=O)(=O)OC[C@H]1O[C@@H](n2cnc3c(=O)[nH]cnc32)[C@H](O)[C@@H]1O)c1ccccc1O. The van der Waals surface area contributed by atoms with Gasteiger partial charge in [-0.2, -0.15) is 8.42 Å². The number of fused-ring (bicyclic) bond motifs is 1. The monoisotopic (exact) mass is 467 g/mol. The third kappa shape index (κ3) is 4.06. The van der Waals surface area contributed by atoms with Gasteiger partial charge < -0.3 is 25.0 Å². The molecule has 3 aromatic rings. The molecule has 1 fully saturated rings. The molecule has 32 heavy (non-hydrogen) atoms. The van der Waals surface area contributed by atoms with Crippen molar-refractivity contribution in [2.24, 2.45) is 0 Å². The lowest BCUT2D eigenvalue weighted by Crippen LogP contribution is -2.37. The summed E-state index contributed by atoms with van der Waals surface area (Å²) in [4.78, 5) is 34.0. The van der Waals surface area contributed by atoms with E-state index in [0.717, 1.165) is 6.33 Å². The van der Waals surface area contributed by atoms with Crippen molar-refractivity contribution in [3.05, 3.63) is 52.8 Å². The van der Waals surface area contributed by atoms with Crippen LogP contribution in [0.15, 0.2) is 41.7 Å². The molecule has 1 aliphatic rings. The third-order valence-corrected chi connectivity index (χ3v) is 5.61. The summed E-state index contributed by atoms with van der Waals surface area (Å²) in [5.74, 6) is -1.56. The van der Waals surface area contributed by atoms with Crippen LogP contribution in [0.25, 0.3) is 11.2 Å². The van der Waals surface area contributed by atoms with Crippen molar-refractivity contribution in [2.75, 3.05) is 6.61 Å². The molecule has 15 heteroatoms. The average Bonchev–Trinajstić information content (AvgIpc) is 3.29. The number of benzene rings is 1. The predicted molar refractivity (Wildman–Crippen MR) is 105 cm³/mol. The molecular formula is C17H17N5O9S. The lowest BCUT2D eigenvalue weighted by atomic mass is 10.1. The lowest BCUT2D eigenvalue weighted by molar-refractivity contribution is -0.0468. The van der Waals surface area contributed by atoms with Gasteiger partial charge in [0, 0.05) is 0 Å². The number of phenols is 1. The first-order valence-electron chi connectivity index (χ1n) is 9.09. The number of amides is 1. The minimum absolute atomic E-state index is 0.0213. The Hall–Kier alpha value is -3.37. The Labute approximate surface area is 179 Å². The highest BCUT2D eigenvalue weighted by Gasteiger charge is 2.45. The number of phenolic OH excluding ortho intramolecular Hbond substituents is 1. The van der Waals surface area contributed by atoms with Gasteiger partial charge in [0.25, 0.3) is 11.5 Å². The molecule has 5 N–H and O–H groups in total. The Kier molecular flexibility index (Phi) is 5.66. The molecule has 1 amide bonds. The van der Waals surface area contributed by atoms with Crippen LogP contribution >= 0.6 is 0 Å². The summed E-state index contributed by atoms with van der Waals surface area (Å²) >= 11 is 0. The number of carbonyl (C=O) groups excluding carboxylic acids is 1. The maximum atomic E-state index is 12.1. The number of rotatable bonds is 6. The molecule has 0 bridgehead atoms. The Morgan fingerprint density at radius 3 is 2.75 bits per heavy atom. The Morgan fingerprint density at radius 1 is 1.25 bits per heavy atom. The van der Waals surface area contributed by atoms with Crippen LogP contribution in [-0.2, 0) is 19.2 Å². The first kappa shape index (κ1) is 21.8. The maximum absolute atomic E-state index is 12.1. The van der Waals surface area contributed by atoms with Crippen molar-refractivity contribution in [3.8, 4) is 5.75 Å². The van der Waals surface area contributed by atoms with E-state index in [4.69, 9.17) is 8.92 Å². The zero-order chi connectivity index (χ0) is 23.0. The molecule has 14 nitrogen and oxygen atoms in total. The molecule has 1 aromatic carbocycles. The number of aromatic hydroxyl groups is 1. The van der Waals surface area contributed by atoms with Crippen LogP contribution in [0.5, 0.6) is 5.75 Å². The molecule has 2 aromatic heterocycles. The van der Waals surface area contributed by atoms with Gasteiger partial charge in [0.2, 0.25) is 0 Å². The number of carbonyl (C=O) groups is 1. The topological polar surface area (TPSA) is 206 Å². The molecule has 4 atom stereocenters. The zero-order valence-corrected chi connectivity index (χ0v) is 16.8. The number of aliphatic hydroxyl groups excluding tert-OH is 2. The van der Waals surface area contributed by atoms with E-state index in [1.165, 1.54) is 35.2 Å². The summed E-state index contributed by atoms with van der Waals surface area (Å²) in [6.45, 7) is -0.751. The highest BCUT2D eigenvalue weighted by molar-refractivity contribution is 7.85. The molecule has 0 aliphatic carbocycles. The molecule has 170 valence electrons. The summed E-state index contributed by atoms with van der Waals surface area (Å²) in [6.07, 6.45) is -3.34. The Bertz CT molecular complexity index is 1320. The fraction of sp³-hybridized carbons (Fsp3) is 0.294. The number of aliphatic hydroxyl groups is 2.